The number of amides is 4. The summed E-state index contributed by atoms with van der Waals surface area (Å²) in [5.74, 6) is -0.343. The summed E-state index contributed by atoms with van der Waals surface area (Å²) in [6.07, 6.45) is 2.54. The maximum atomic E-state index is 12.3. The fraction of sp³-hybridized carbons (Fsp3) is 0.571. The van der Waals surface area contributed by atoms with Crippen molar-refractivity contribution in [1.29, 1.82) is 0 Å². The number of carbonyl (C=O) groups excluding carboxylic acids is 3. The molecule has 0 aromatic carbocycles. The van der Waals surface area contributed by atoms with Crippen LogP contribution in [0.1, 0.15) is 31.9 Å². The van der Waals surface area contributed by atoms with E-state index in [2.05, 4.69) is 15.5 Å². The van der Waals surface area contributed by atoms with Gasteiger partial charge in [-0.25, -0.2) is 4.79 Å². The summed E-state index contributed by atoms with van der Waals surface area (Å²) in [6, 6.07) is 1.39. The molecule has 8 nitrogen and oxygen atoms in total. The summed E-state index contributed by atoms with van der Waals surface area (Å²) < 4.78 is 0. The van der Waals surface area contributed by atoms with Crippen molar-refractivity contribution in [1.82, 2.24) is 25.3 Å². The number of nitrogens with one attached hydrogen (secondary N) is 2. The molecule has 0 unspecified atom stereocenters. The van der Waals surface area contributed by atoms with Crippen LogP contribution in [-0.4, -0.2) is 63.0 Å². The van der Waals surface area contributed by atoms with Crippen molar-refractivity contribution in [2.75, 3.05) is 19.6 Å². The Morgan fingerprint density at radius 3 is 2.82 bits per heavy atom. The van der Waals surface area contributed by atoms with E-state index in [0.29, 0.717) is 13.1 Å². The summed E-state index contributed by atoms with van der Waals surface area (Å²) in [5, 5.41) is 9.41. The molecule has 3 heterocycles. The van der Waals surface area contributed by atoms with Crippen molar-refractivity contribution in [2.24, 2.45) is 0 Å². The summed E-state index contributed by atoms with van der Waals surface area (Å²) in [6.45, 7) is 4.25. The highest BCUT2D eigenvalue weighted by Crippen LogP contribution is 2.26. The summed E-state index contributed by atoms with van der Waals surface area (Å²) >= 11 is 0. The number of imide groups is 1. The lowest BCUT2D eigenvalue weighted by atomic mass is 10.1. The second-order valence-electron chi connectivity index (χ2n) is 6.28. The van der Waals surface area contributed by atoms with E-state index in [-0.39, 0.29) is 24.3 Å². The molecule has 1 atom stereocenters. The quantitative estimate of drug-likeness (QED) is 0.771. The maximum Gasteiger partial charge on any atom is 0.325 e. The molecule has 1 aromatic heterocycles. The van der Waals surface area contributed by atoms with Crippen LogP contribution in [-0.2, 0) is 9.59 Å². The van der Waals surface area contributed by atoms with Gasteiger partial charge in [0.2, 0.25) is 5.91 Å². The smallest absolute Gasteiger partial charge is 0.325 e. The lowest BCUT2D eigenvalue weighted by Crippen LogP contribution is -2.44. The summed E-state index contributed by atoms with van der Waals surface area (Å²) in [7, 11) is 0. The topological polar surface area (TPSA) is 98.4 Å². The third-order valence-corrected chi connectivity index (χ3v) is 4.24. The number of aromatic amines is 1. The Labute approximate surface area is 127 Å². The number of likely N-dealkylation sites (tertiary alicyclic amines) is 1. The van der Waals surface area contributed by atoms with Crippen LogP contribution in [0.5, 0.6) is 0 Å². The zero-order chi connectivity index (χ0) is 15.9. The molecule has 3 rings (SSSR count). The molecule has 0 aliphatic carbocycles. The van der Waals surface area contributed by atoms with Gasteiger partial charge < -0.3 is 10.2 Å². The number of H-pyrrole nitrogens is 1. The van der Waals surface area contributed by atoms with Crippen LogP contribution >= 0.6 is 0 Å². The first-order chi connectivity index (χ1) is 10.4. The average molecular weight is 305 g/mol. The zero-order valence-electron chi connectivity index (χ0n) is 12.6. The predicted octanol–water partition coefficient (Wildman–Crippen LogP) is 0.0560. The van der Waals surface area contributed by atoms with E-state index < -0.39 is 11.6 Å². The van der Waals surface area contributed by atoms with E-state index in [9.17, 15) is 14.4 Å². The molecule has 0 spiro atoms. The third-order valence-electron chi connectivity index (χ3n) is 4.24. The standard InChI is InChI=1S/C14H19N5O3/c1-14(2)12(21)19(13(22)16-14)8-11(20)18-6-4-9(7-18)10-3-5-15-17-10/h3,5,9H,4,6-8H2,1-2H3,(H,15,17)(H,16,22)/t9-/m0/s1. The number of hydrogen-bond donors (Lipinski definition) is 2. The highest BCUT2D eigenvalue weighted by molar-refractivity contribution is 6.08. The zero-order valence-corrected chi connectivity index (χ0v) is 12.6. The number of aromatic nitrogens is 2. The molecular weight excluding hydrogens is 286 g/mol. The molecule has 2 aliphatic heterocycles. The van der Waals surface area contributed by atoms with E-state index in [1.54, 1.807) is 24.9 Å². The Balaban J connectivity index is 1.62. The highest BCUT2D eigenvalue weighted by atomic mass is 16.2. The number of carbonyl (C=O) groups is 3. The number of rotatable bonds is 3. The highest BCUT2D eigenvalue weighted by Gasteiger charge is 2.45. The van der Waals surface area contributed by atoms with Gasteiger partial charge in [-0.3, -0.25) is 19.6 Å². The van der Waals surface area contributed by atoms with Gasteiger partial charge in [-0.05, 0) is 26.3 Å². The van der Waals surface area contributed by atoms with Crippen molar-refractivity contribution < 1.29 is 14.4 Å². The minimum absolute atomic E-state index is 0.205. The fourth-order valence-corrected chi connectivity index (χ4v) is 2.93. The minimum Gasteiger partial charge on any atom is -0.340 e. The lowest BCUT2D eigenvalue weighted by Gasteiger charge is -2.20. The first-order valence-corrected chi connectivity index (χ1v) is 7.29. The molecule has 1 aromatic rings. The first-order valence-electron chi connectivity index (χ1n) is 7.29. The van der Waals surface area contributed by atoms with Crippen molar-refractivity contribution >= 4 is 17.8 Å². The Hall–Kier alpha value is -2.38. The van der Waals surface area contributed by atoms with Gasteiger partial charge in [-0.2, -0.15) is 5.10 Å². The SMILES string of the molecule is CC1(C)NC(=O)N(CC(=O)N2CC[C@H](c3ccn[nH]3)C2)C1=O. The van der Waals surface area contributed by atoms with Crippen LogP contribution in [0.15, 0.2) is 12.3 Å². The van der Waals surface area contributed by atoms with Gasteiger partial charge in [0.15, 0.2) is 0 Å². The first kappa shape index (κ1) is 14.6. The normalized spacial score (nSPS) is 24.0. The average Bonchev–Trinajstić information content (AvgIpc) is 3.15. The molecule has 0 radical (unpaired) electrons. The third kappa shape index (κ3) is 2.44. The molecule has 2 fully saturated rings. The molecule has 8 heteroatoms. The van der Waals surface area contributed by atoms with Crippen molar-refractivity contribution in [3.05, 3.63) is 18.0 Å². The molecule has 2 aliphatic rings. The lowest BCUT2D eigenvalue weighted by molar-refractivity contribution is -0.137. The van der Waals surface area contributed by atoms with E-state index >= 15 is 0 Å². The van der Waals surface area contributed by atoms with E-state index in [4.69, 9.17) is 0 Å². The van der Waals surface area contributed by atoms with Gasteiger partial charge in [0, 0.05) is 30.9 Å². The second kappa shape index (κ2) is 5.11. The van der Waals surface area contributed by atoms with Gasteiger partial charge in [0.25, 0.3) is 5.91 Å². The van der Waals surface area contributed by atoms with Crippen molar-refractivity contribution in [2.45, 2.75) is 31.7 Å². The second-order valence-corrected chi connectivity index (χ2v) is 6.28. The Morgan fingerprint density at radius 1 is 1.45 bits per heavy atom. The van der Waals surface area contributed by atoms with Gasteiger partial charge in [0.1, 0.15) is 12.1 Å². The van der Waals surface area contributed by atoms with Crippen LogP contribution in [0.25, 0.3) is 0 Å². The maximum absolute atomic E-state index is 12.3. The van der Waals surface area contributed by atoms with Gasteiger partial charge >= 0.3 is 6.03 Å². The monoisotopic (exact) mass is 305 g/mol. The van der Waals surface area contributed by atoms with Gasteiger partial charge in [-0.1, -0.05) is 0 Å². The number of hydrogen-bond acceptors (Lipinski definition) is 4. The molecular formula is C14H19N5O3. The molecule has 118 valence electrons. The molecule has 2 N–H and O–H groups in total. The van der Waals surface area contributed by atoms with E-state index in [1.807, 2.05) is 6.07 Å². The largest absolute Gasteiger partial charge is 0.340 e. The van der Waals surface area contributed by atoms with E-state index in [0.717, 1.165) is 17.0 Å². The summed E-state index contributed by atoms with van der Waals surface area (Å²) in [4.78, 5) is 38.9. The van der Waals surface area contributed by atoms with Crippen LogP contribution in [0.2, 0.25) is 0 Å². The van der Waals surface area contributed by atoms with E-state index in [1.165, 1.54) is 0 Å². The van der Waals surface area contributed by atoms with Crippen molar-refractivity contribution in [3.63, 3.8) is 0 Å². The Bertz CT molecular complexity index is 610. The van der Waals surface area contributed by atoms with Gasteiger partial charge in [0.05, 0.1) is 0 Å². The predicted molar refractivity (Wildman–Crippen MR) is 76.8 cm³/mol. The molecule has 22 heavy (non-hydrogen) atoms. The number of urea groups is 1. The minimum atomic E-state index is -0.944. The molecule has 0 bridgehead atoms. The van der Waals surface area contributed by atoms with Gasteiger partial charge in [-0.15, -0.1) is 0 Å². The van der Waals surface area contributed by atoms with Crippen LogP contribution < -0.4 is 5.32 Å². The van der Waals surface area contributed by atoms with Crippen LogP contribution in [0.4, 0.5) is 4.79 Å². The molecule has 0 saturated carbocycles. The van der Waals surface area contributed by atoms with Crippen LogP contribution in [0, 0.1) is 0 Å². The molecule has 2 saturated heterocycles. The van der Waals surface area contributed by atoms with Crippen LogP contribution in [0.3, 0.4) is 0 Å². The summed E-state index contributed by atoms with van der Waals surface area (Å²) in [5.41, 5.74) is 0.0623. The Morgan fingerprint density at radius 2 is 2.23 bits per heavy atom. The fourth-order valence-electron chi connectivity index (χ4n) is 2.93. The van der Waals surface area contributed by atoms with Crippen molar-refractivity contribution in [3.8, 4) is 0 Å². The number of nitrogens with zero attached hydrogens (tertiary/aromatic N) is 3. The molecule has 4 amide bonds. The Kier molecular flexibility index (Phi) is 3.38.